The van der Waals surface area contributed by atoms with E-state index in [1.165, 1.54) is 0 Å². The van der Waals surface area contributed by atoms with Gasteiger partial charge in [-0.05, 0) is 85.0 Å². The van der Waals surface area contributed by atoms with Crippen molar-refractivity contribution in [2.24, 2.45) is 33.5 Å². The molecule has 1 aromatic heterocycles. The zero-order valence-electron chi connectivity index (χ0n) is 35.1. The molecule has 318 valence electrons. The van der Waals surface area contributed by atoms with Crippen LogP contribution < -0.4 is 20.7 Å². The maximum atomic E-state index is 15.2. The van der Waals surface area contributed by atoms with Gasteiger partial charge in [-0.3, -0.25) is 33.7 Å². The molecule has 13 nitrogen and oxygen atoms in total. The van der Waals surface area contributed by atoms with Crippen molar-refractivity contribution in [2.45, 2.75) is 141 Å². The minimum atomic E-state index is -3.88. The van der Waals surface area contributed by atoms with Crippen LogP contribution in [0, 0.1) is 33.5 Å². The van der Waals surface area contributed by atoms with Crippen molar-refractivity contribution >= 4 is 50.3 Å². The number of nitrogens with zero attached hydrogens (tertiary/aromatic N) is 2. The van der Waals surface area contributed by atoms with Gasteiger partial charge in [-0.1, -0.05) is 90.6 Å². The summed E-state index contributed by atoms with van der Waals surface area (Å²) in [5.74, 6) is -3.28. The minimum absolute atomic E-state index is 0.0311. The summed E-state index contributed by atoms with van der Waals surface area (Å²) < 4.78 is 27.9. The monoisotopic (exact) mass is 828 g/mol. The molecule has 1 aromatic carbocycles. The van der Waals surface area contributed by atoms with Crippen molar-refractivity contribution in [1.29, 1.82) is 0 Å². The van der Waals surface area contributed by atoms with Crippen molar-refractivity contribution in [3.05, 3.63) is 54.9 Å². The fourth-order valence-corrected chi connectivity index (χ4v) is 12.9. The van der Waals surface area contributed by atoms with E-state index in [9.17, 15) is 27.6 Å². The Morgan fingerprint density at radius 3 is 2.20 bits per heavy atom. The van der Waals surface area contributed by atoms with E-state index in [0.29, 0.717) is 31.2 Å². The molecule has 6 aliphatic rings. The van der Waals surface area contributed by atoms with Crippen LogP contribution in [0.3, 0.4) is 0 Å². The molecule has 6 fully saturated rings. The summed E-state index contributed by atoms with van der Waals surface area (Å²) in [6.07, 6.45) is 12.1. The fraction of sp³-hybridized carbons (Fsp3) is 0.644. The Morgan fingerprint density at radius 2 is 1.61 bits per heavy atom. The molecule has 1 saturated heterocycles. The maximum absolute atomic E-state index is 15.2. The number of carbonyl (C=O) groups is 5. The van der Waals surface area contributed by atoms with Gasteiger partial charge in [-0.25, -0.2) is 8.42 Å². The van der Waals surface area contributed by atoms with Crippen molar-refractivity contribution < 1.29 is 32.4 Å². The smallest absolute Gasteiger partial charge is 0.271 e. The first-order chi connectivity index (χ1) is 27.8. The molecule has 1 unspecified atom stereocenters. The number of amides is 5. The molecular formula is C45H60N6O7S. The van der Waals surface area contributed by atoms with Crippen molar-refractivity contribution in [1.82, 2.24) is 30.6 Å². The van der Waals surface area contributed by atoms with Crippen LogP contribution >= 0.6 is 0 Å². The Kier molecular flexibility index (Phi) is 10.1. The lowest BCUT2D eigenvalue weighted by Crippen LogP contribution is -2.62. The molecule has 14 heteroatoms. The van der Waals surface area contributed by atoms with E-state index < -0.39 is 79.8 Å². The molecule has 6 atom stereocenters. The van der Waals surface area contributed by atoms with E-state index in [2.05, 4.69) is 46.1 Å². The van der Waals surface area contributed by atoms with Gasteiger partial charge in [0.1, 0.15) is 29.4 Å². The van der Waals surface area contributed by atoms with E-state index in [4.69, 9.17) is 0 Å². The van der Waals surface area contributed by atoms with Gasteiger partial charge >= 0.3 is 0 Å². The number of nitrogens with one attached hydrogen (secondary N) is 4. The molecule has 5 aliphatic carbocycles. The van der Waals surface area contributed by atoms with Gasteiger partial charge in [0.15, 0.2) is 0 Å². The van der Waals surface area contributed by atoms with Gasteiger partial charge in [0.2, 0.25) is 27.7 Å². The molecular weight excluding hydrogens is 769 g/mol. The Bertz CT molecular complexity index is 2200. The number of hydrogen-bond donors (Lipinski definition) is 4. The summed E-state index contributed by atoms with van der Waals surface area (Å²) in [5.41, 5.74) is -2.62. The third kappa shape index (κ3) is 6.75. The molecule has 1 aliphatic heterocycles. The predicted octanol–water partition coefficient (Wildman–Crippen LogP) is 4.91. The fourth-order valence-electron chi connectivity index (χ4n) is 11.5. The molecule has 0 radical (unpaired) electrons. The first-order valence-electron chi connectivity index (χ1n) is 21.6. The summed E-state index contributed by atoms with van der Waals surface area (Å²) in [6, 6.07) is 6.33. The molecule has 5 saturated carbocycles. The Hall–Kier alpha value is -4.33. The number of pyridine rings is 1. The topological polar surface area (TPSA) is 184 Å². The first kappa shape index (κ1) is 41.4. The Morgan fingerprint density at radius 1 is 0.915 bits per heavy atom. The van der Waals surface area contributed by atoms with Crippen LogP contribution in [-0.4, -0.2) is 83.3 Å². The number of hydrogen-bond acceptors (Lipinski definition) is 8. The van der Waals surface area contributed by atoms with Crippen LogP contribution in [0.15, 0.2) is 49.2 Å². The van der Waals surface area contributed by atoms with Crippen molar-refractivity contribution in [3.8, 4) is 0 Å². The summed E-state index contributed by atoms with van der Waals surface area (Å²) in [7, 11) is -3.88. The van der Waals surface area contributed by atoms with Crippen molar-refractivity contribution in [3.63, 3.8) is 0 Å². The highest BCUT2D eigenvalue weighted by Crippen LogP contribution is 2.88. The van der Waals surface area contributed by atoms with Crippen LogP contribution in [0.4, 0.5) is 0 Å². The lowest BCUT2D eigenvalue weighted by Gasteiger charge is -2.38. The van der Waals surface area contributed by atoms with Crippen LogP contribution in [0.2, 0.25) is 0 Å². The zero-order chi connectivity index (χ0) is 42.3. The normalized spacial score (nSPS) is 29.2. The minimum Gasteiger partial charge on any atom is -0.342 e. The number of benzene rings is 1. The first-order valence-corrected chi connectivity index (χ1v) is 23.1. The lowest BCUT2D eigenvalue weighted by molar-refractivity contribution is -0.145. The zero-order valence-corrected chi connectivity index (χ0v) is 35.9. The largest absolute Gasteiger partial charge is 0.342 e. The van der Waals surface area contributed by atoms with Crippen molar-refractivity contribution in [2.75, 3.05) is 6.54 Å². The number of sulfonamides is 1. The summed E-state index contributed by atoms with van der Waals surface area (Å²) in [6.45, 7) is 14.2. The van der Waals surface area contributed by atoms with Crippen LogP contribution in [0.25, 0.3) is 10.8 Å². The second kappa shape index (κ2) is 14.4. The van der Waals surface area contributed by atoms with Crippen LogP contribution in [-0.2, 0) is 29.2 Å². The molecule has 2 aromatic rings. The highest BCUT2D eigenvalue weighted by atomic mass is 32.2. The van der Waals surface area contributed by atoms with E-state index in [1.807, 2.05) is 51.1 Å². The van der Waals surface area contributed by atoms with Gasteiger partial charge in [0.05, 0.1) is 5.25 Å². The average Bonchev–Trinajstić information content (AvgIpc) is 4.13. The summed E-state index contributed by atoms with van der Waals surface area (Å²) in [4.78, 5) is 78.3. The Labute approximate surface area is 347 Å². The van der Waals surface area contributed by atoms with E-state index in [-0.39, 0.29) is 34.3 Å². The predicted molar refractivity (Wildman–Crippen MR) is 223 cm³/mol. The number of carbonyl (C=O) groups excluding carboxylic acids is 5. The van der Waals surface area contributed by atoms with Gasteiger partial charge in [0.25, 0.3) is 11.8 Å². The Balaban J connectivity index is 1.08. The third-order valence-electron chi connectivity index (χ3n) is 15.6. The molecule has 8 rings (SSSR count). The van der Waals surface area contributed by atoms with E-state index in [1.54, 1.807) is 17.2 Å². The molecule has 2 heterocycles. The summed E-state index contributed by atoms with van der Waals surface area (Å²) in [5, 5.41) is 9.98. The molecule has 0 bridgehead atoms. The van der Waals surface area contributed by atoms with Crippen LogP contribution in [0.5, 0.6) is 0 Å². The second-order valence-electron chi connectivity index (χ2n) is 20.0. The highest BCUT2D eigenvalue weighted by Gasteiger charge is 2.85. The number of fused-ring (bicyclic) bond motifs is 2. The molecule has 59 heavy (non-hydrogen) atoms. The molecule has 2 spiro atoms. The van der Waals surface area contributed by atoms with Gasteiger partial charge in [-0.15, -0.1) is 6.58 Å². The van der Waals surface area contributed by atoms with E-state index >= 15 is 4.79 Å². The van der Waals surface area contributed by atoms with Gasteiger partial charge in [0, 0.05) is 29.5 Å². The third-order valence-corrected chi connectivity index (χ3v) is 17.4. The standard InChI is InChI=1S/C45H60N6O7S/c1-7-29-24-45(29,40(56)50-59(57,58)30-18-19-30)49-36(52)32-25-44(42(5,6)43(44)21-13-22-43)26-51(32)39(55)35(41(2,3)4)48-37(53)33(28-15-9-8-10-16-28)47-38(54)34-31-17-12-11-14-27(31)20-23-46-34/h7,11-12,14,17,20,23,28-30,32-33,35H,1,8-10,13,15-16,18-19,21-22,24-26H2,2-6H3,(H,47,54)(H,48,53)(H,49,52)(H,50,56)/t29-,32+,33?,35-,44-,45-/m1/s1. The van der Waals surface area contributed by atoms with Gasteiger partial charge < -0.3 is 20.9 Å². The average molecular weight is 829 g/mol. The lowest BCUT2D eigenvalue weighted by atomic mass is 9.73. The highest BCUT2D eigenvalue weighted by molar-refractivity contribution is 7.91. The molecule has 5 amide bonds. The van der Waals surface area contributed by atoms with Crippen LogP contribution in [0.1, 0.15) is 122 Å². The number of aromatic nitrogens is 1. The quantitative estimate of drug-likeness (QED) is 0.218. The second-order valence-corrected chi connectivity index (χ2v) is 22.0. The number of rotatable bonds is 12. The summed E-state index contributed by atoms with van der Waals surface area (Å²) >= 11 is 0. The number of likely N-dealkylation sites (tertiary alicyclic amines) is 1. The molecule has 4 N–H and O–H groups in total. The van der Waals surface area contributed by atoms with Gasteiger partial charge in [-0.2, -0.15) is 0 Å². The SMILES string of the molecule is C=C[C@@H]1C[C@]1(NC(=O)[C@@H]1C[C@@]2(CN1C(=O)[C@@H](NC(=O)C(NC(=O)c1nccc3ccccc13)C1CCCCC1)C(C)(C)C)C(C)(C)C21CCC1)C(=O)NS(=O)(=O)C1CC1. The maximum Gasteiger partial charge on any atom is 0.271 e. The van der Waals surface area contributed by atoms with E-state index in [0.717, 1.165) is 56.8 Å².